The van der Waals surface area contributed by atoms with E-state index in [1.807, 2.05) is 0 Å². The SMILES string of the molecule is CCCCOc1cc(OCCCC)c([S+](c2ccccc2)c2c(OCCCC)cc(OCCCC)cc2OCCCC)c(OCCCC)c1. The van der Waals surface area contributed by atoms with Crippen molar-refractivity contribution in [1.29, 1.82) is 0 Å². The zero-order valence-corrected chi connectivity index (χ0v) is 32.1. The first-order chi connectivity index (χ1) is 24.1. The van der Waals surface area contributed by atoms with Crippen LogP contribution < -0.4 is 28.4 Å². The molecule has 3 aromatic carbocycles. The predicted octanol–water partition coefficient (Wildman–Crippen LogP) is 11.9. The van der Waals surface area contributed by atoms with Crippen molar-refractivity contribution in [2.75, 3.05) is 39.6 Å². The summed E-state index contributed by atoms with van der Waals surface area (Å²) in [5.41, 5.74) is 0. The number of rotatable bonds is 27. The monoisotopic (exact) mass is 695 g/mol. The van der Waals surface area contributed by atoms with Gasteiger partial charge in [0.05, 0.1) is 39.6 Å². The second-order valence-corrected chi connectivity index (χ2v) is 14.2. The van der Waals surface area contributed by atoms with E-state index < -0.39 is 10.9 Å². The van der Waals surface area contributed by atoms with Crippen LogP contribution >= 0.6 is 0 Å². The summed E-state index contributed by atoms with van der Waals surface area (Å²) in [5, 5.41) is 0. The largest absolute Gasteiger partial charge is 0.493 e. The molecule has 0 N–H and O–H groups in total. The van der Waals surface area contributed by atoms with Gasteiger partial charge in [-0.15, -0.1) is 0 Å². The van der Waals surface area contributed by atoms with Gasteiger partial charge in [0.25, 0.3) is 9.79 Å². The van der Waals surface area contributed by atoms with Gasteiger partial charge in [-0.1, -0.05) is 98.3 Å². The van der Waals surface area contributed by atoms with E-state index in [1.165, 1.54) is 0 Å². The standard InChI is InChI=1S/C42H63O6S/c1-7-13-24-43-34-30-37(45-26-15-9-3)41(38(31-34)46-27-16-10-4)49(36-22-20-19-21-23-36)42-39(47-28-17-11-5)32-35(44-25-14-8-2)33-40(42)48-29-18-12-6/h19-23,30-33H,7-18,24-29H2,1-6H3/q+1. The van der Waals surface area contributed by atoms with Gasteiger partial charge >= 0.3 is 0 Å². The minimum atomic E-state index is -0.725. The van der Waals surface area contributed by atoms with E-state index in [2.05, 4.69) is 96.1 Å². The molecule has 0 saturated heterocycles. The van der Waals surface area contributed by atoms with Crippen molar-refractivity contribution in [2.24, 2.45) is 0 Å². The number of ether oxygens (including phenoxy) is 6. The van der Waals surface area contributed by atoms with Crippen LogP contribution in [0.2, 0.25) is 0 Å². The Labute approximate surface area is 300 Å². The molecule has 0 heterocycles. The first kappa shape index (κ1) is 40.2. The molecule has 0 fully saturated rings. The second-order valence-electron chi connectivity index (χ2n) is 12.3. The molecule has 0 atom stereocenters. The highest BCUT2D eigenvalue weighted by Crippen LogP contribution is 2.51. The van der Waals surface area contributed by atoms with Crippen LogP contribution in [0, 0.1) is 0 Å². The van der Waals surface area contributed by atoms with Crippen LogP contribution in [0.5, 0.6) is 34.5 Å². The van der Waals surface area contributed by atoms with E-state index in [9.17, 15) is 0 Å². The van der Waals surface area contributed by atoms with E-state index in [1.54, 1.807) is 0 Å². The van der Waals surface area contributed by atoms with Crippen LogP contribution in [0.15, 0.2) is 69.3 Å². The minimum absolute atomic E-state index is 0.603. The van der Waals surface area contributed by atoms with Crippen LogP contribution in [-0.2, 0) is 10.9 Å². The summed E-state index contributed by atoms with van der Waals surface area (Å²) >= 11 is 0. The lowest BCUT2D eigenvalue weighted by atomic mass is 10.2. The fourth-order valence-corrected chi connectivity index (χ4v) is 7.35. The Morgan fingerprint density at radius 3 is 0.959 bits per heavy atom. The summed E-state index contributed by atoms with van der Waals surface area (Å²) in [5.74, 6) is 4.66. The zero-order chi connectivity index (χ0) is 35.1. The Balaban J connectivity index is 2.39. The van der Waals surface area contributed by atoms with Gasteiger partial charge in [-0.2, -0.15) is 0 Å². The van der Waals surface area contributed by atoms with E-state index in [0.29, 0.717) is 39.6 Å². The van der Waals surface area contributed by atoms with Crippen molar-refractivity contribution in [3.05, 3.63) is 54.6 Å². The van der Waals surface area contributed by atoms with Gasteiger partial charge in [-0.3, -0.25) is 0 Å². The van der Waals surface area contributed by atoms with Crippen molar-refractivity contribution in [1.82, 2.24) is 0 Å². The average Bonchev–Trinajstić information content (AvgIpc) is 3.11. The van der Waals surface area contributed by atoms with Crippen LogP contribution in [0.3, 0.4) is 0 Å². The number of unbranched alkanes of at least 4 members (excludes halogenated alkanes) is 6. The van der Waals surface area contributed by atoms with Crippen molar-refractivity contribution in [3.63, 3.8) is 0 Å². The van der Waals surface area contributed by atoms with Gasteiger partial charge in [0, 0.05) is 24.3 Å². The fraction of sp³-hybridized carbons (Fsp3) is 0.571. The third kappa shape index (κ3) is 13.2. The molecule has 0 aliphatic carbocycles. The van der Waals surface area contributed by atoms with Gasteiger partial charge in [-0.25, -0.2) is 0 Å². The lowest BCUT2D eigenvalue weighted by Crippen LogP contribution is -2.15. The van der Waals surface area contributed by atoms with E-state index in [0.717, 1.165) is 126 Å². The third-order valence-electron chi connectivity index (χ3n) is 7.93. The molecule has 3 rings (SSSR count). The van der Waals surface area contributed by atoms with Gasteiger partial charge in [0.15, 0.2) is 27.9 Å². The first-order valence-corrected chi connectivity index (χ1v) is 20.3. The highest BCUT2D eigenvalue weighted by molar-refractivity contribution is 7.97. The Hall–Kier alpha value is -3.19. The summed E-state index contributed by atoms with van der Waals surface area (Å²) in [7, 11) is -0.725. The lowest BCUT2D eigenvalue weighted by molar-refractivity contribution is 0.267. The number of benzene rings is 3. The minimum Gasteiger partial charge on any atom is -0.493 e. The van der Waals surface area contributed by atoms with Crippen molar-refractivity contribution in [2.45, 2.75) is 133 Å². The molecule has 0 spiro atoms. The summed E-state index contributed by atoms with van der Waals surface area (Å²) in [4.78, 5) is 3.10. The first-order valence-electron chi connectivity index (χ1n) is 19.0. The van der Waals surface area contributed by atoms with E-state index in [4.69, 9.17) is 28.4 Å². The lowest BCUT2D eigenvalue weighted by Gasteiger charge is -2.22. The molecule has 0 amide bonds. The smallest absolute Gasteiger partial charge is 0.250 e. The molecule has 6 nitrogen and oxygen atoms in total. The maximum absolute atomic E-state index is 6.70. The highest BCUT2D eigenvalue weighted by atomic mass is 32.2. The van der Waals surface area contributed by atoms with Crippen molar-refractivity contribution in [3.8, 4) is 34.5 Å². The topological polar surface area (TPSA) is 55.4 Å². The molecule has 0 bridgehead atoms. The van der Waals surface area contributed by atoms with Crippen LogP contribution in [0.1, 0.15) is 119 Å². The predicted molar refractivity (Wildman–Crippen MR) is 204 cm³/mol. The summed E-state index contributed by atoms with van der Waals surface area (Å²) in [6.45, 7) is 16.8. The second kappa shape index (κ2) is 24.0. The number of hydrogen-bond acceptors (Lipinski definition) is 6. The summed E-state index contributed by atoms with van der Waals surface area (Å²) in [6, 6.07) is 18.9. The van der Waals surface area contributed by atoms with Gasteiger partial charge in [-0.05, 0) is 50.7 Å². The normalized spacial score (nSPS) is 11.1. The van der Waals surface area contributed by atoms with Crippen LogP contribution in [0.4, 0.5) is 0 Å². The molecule has 0 aliphatic heterocycles. The molecular weight excluding hydrogens is 633 g/mol. The molecule has 0 saturated carbocycles. The third-order valence-corrected chi connectivity index (χ3v) is 10.3. The molecule has 0 radical (unpaired) electrons. The van der Waals surface area contributed by atoms with Gasteiger partial charge in [0.2, 0.25) is 0 Å². The molecule has 0 unspecified atom stereocenters. The van der Waals surface area contributed by atoms with Gasteiger partial charge in [0.1, 0.15) is 22.4 Å². The molecule has 0 aromatic heterocycles. The molecule has 272 valence electrons. The molecule has 0 aliphatic rings. The average molecular weight is 696 g/mol. The molecule has 7 heteroatoms. The summed E-state index contributed by atoms with van der Waals surface area (Å²) < 4.78 is 39.4. The summed E-state index contributed by atoms with van der Waals surface area (Å²) in [6.07, 6.45) is 12.1. The van der Waals surface area contributed by atoms with E-state index in [-0.39, 0.29) is 0 Å². The molecule has 3 aromatic rings. The molecule has 49 heavy (non-hydrogen) atoms. The zero-order valence-electron chi connectivity index (χ0n) is 31.3. The molecular formula is C42H63O6S+. The highest BCUT2D eigenvalue weighted by Gasteiger charge is 2.42. The Morgan fingerprint density at radius 2 is 0.673 bits per heavy atom. The van der Waals surface area contributed by atoms with E-state index >= 15 is 0 Å². The Kier molecular flexibility index (Phi) is 19.7. The van der Waals surface area contributed by atoms with Crippen LogP contribution in [0.25, 0.3) is 0 Å². The number of hydrogen-bond donors (Lipinski definition) is 0. The van der Waals surface area contributed by atoms with Crippen LogP contribution in [-0.4, -0.2) is 39.6 Å². The Bertz CT molecular complexity index is 1170. The maximum atomic E-state index is 6.70. The van der Waals surface area contributed by atoms with Gasteiger partial charge < -0.3 is 28.4 Å². The maximum Gasteiger partial charge on any atom is 0.250 e. The van der Waals surface area contributed by atoms with Crippen molar-refractivity contribution < 1.29 is 28.4 Å². The quantitative estimate of drug-likeness (QED) is 0.0584. The fourth-order valence-electron chi connectivity index (χ4n) is 4.97. The van der Waals surface area contributed by atoms with Crippen molar-refractivity contribution >= 4 is 10.9 Å². The Morgan fingerprint density at radius 1 is 0.388 bits per heavy atom.